The van der Waals surface area contributed by atoms with Crippen molar-refractivity contribution in [3.63, 3.8) is 0 Å². The van der Waals surface area contributed by atoms with Gasteiger partial charge in [0.2, 0.25) is 0 Å². The predicted octanol–water partition coefficient (Wildman–Crippen LogP) is 2.93. The van der Waals surface area contributed by atoms with E-state index in [1.54, 1.807) is 6.20 Å². The number of halogens is 1. The molecule has 0 atom stereocenters. The van der Waals surface area contributed by atoms with Gasteiger partial charge < -0.3 is 10.1 Å². The zero-order valence-electron chi connectivity index (χ0n) is 12.6. The van der Waals surface area contributed by atoms with Gasteiger partial charge in [-0.15, -0.1) is 0 Å². The highest BCUT2D eigenvalue weighted by molar-refractivity contribution is 6.32. The fraction of sp³-hybridized carbons (Fsp3) is 0.733. The first kappa shape index (κ1) is 16.3. The lowest BCUT2D eigenvalue weighted by Gasteiger charge is -2.25. The third kappa shape index (κ3) is 4.71. The van der Waals surface area contributed by atoms with Gasteiger partial charge >= 0.3 is 0 Å². The van der Waals surface area contributed by atoms with Crippen molar-refractivity contribution >= 4 is 17.3 Å². The monoisotopic (exact) mass is 313 g/mol. The van der Waals surface area contributed by atoms with Crippen molar-refractivity contribution in [3.8, 4) is 0 Å². The molecule has 21 heavy (non-hydrogen) atoms. The van der Waals surface area contributed by atoms with Gasteiger partial charge in [-0.3, -0.25) is 4.79 Å². The van der Waals surface area contributed by atoms with E-state index in [2.05, 4.69) is 17.3 Å². The Labute approximate surface area is 130 Å². The molecule has 1 N–H and O–H groups in total. The minimum Gasteiger partial charge on any atom is -0.380 e. The molecule has 0 aromatic carbocycles. The van der Waals surface area contributed by atoms with Crippen molar-refractivity contribution in [2.75, 3.05) is 25.1 Å². The second kappa shape index (κ2) is 8.39. The van der Waals surface area contributed by atoms with E-state index in [0.29, 0.717) is 36.3 Å². The Hall–Kier alpha value is -1.07. The third-order valence-corrected chi connectivity index (χ3v) is 4.13. The minimum atomic E-state index is -0.136. The number of anilines is 1. The van der Waals surface area contributed by atoms with Gasteiger partial charge in [-0.1, -0.05) is 31.4 Å². The molecule has 1 heterocycles. The average Bonchev–Trinajstić information content (AvgIpc) is 2.43. The van der Waals surface area contributed by atoms with Crippen LogP contribution in [0, 0.1) is 5.92 Å². The fourth-order valence-corrected chi connectivity index (χ4v) is 2.47. The van der Waals surface area contributed by atoms with Gasteiger partial charge in [0.05, 0.1) is 17.8 Å². The number of rotatable bonds is 9. The Kier molecular flexibility index (Phi) is 6.51. The summed E-state index contributed by atoms with van der Waals surface area (Å²) in [6.07, 6.45) is 7.35. The van der Waals surface area contributed by atoms with Crippen molar-refractivity contribution in [3.05, 3.63) is 21.6 Å². The van der Waals surface area contributed by atoms with E-state index < -0.39 is 0 Å². The second-order valence-electron chi connectivity index (χ2n) is 5.54. The Morgan fingerprint density at radius 3 is 2.95 bits per heavy atom. The first-order chi connectivity index (χ1) is 10.2. The van der Waals surface area contributed by atoms with Gasteiger partial charge in [0.1, 0.15) is 5.69 Å². The van der Waals surface area contributed by atoms with E-state index in [4.69, 9.17) is 16.3 Å². The van der Waals surface area contributed by atoms with Gasteiger partial charge in [0.15, 0.2) is 0 Å². The lowest BCUT2D eigenvalue weighted by atomic mass is 9.85. The van der Waals surface area contributed by atoms with Crippen molar-refractivity contribution in [1.29, 1.82) is 0 Å². The largest absolute Gasteiger partial charge is 0.380 e. The van der Waals surface area contributed by atoms with E-state index in [9.17, 15) is 4.79 Å². The van der Waals surface area contributed by atoms with Gasteiger partial charge in [-0.2, -0.15) is 5.10 Å². The van der Waals surface area contributed by atoms with E-state index in [0.717, 1.165) is 19.4 Å². The summed E-state index contributed by atoms with van der Waals surface area (Å²) in [7, 11) is 0. The standard InChI is InChI=1S/C15H24ClN3O2/c1-2-3-8-21-9-7-17-14-13(16)10-18-19(15(14)20)11-12-5-4-6-12/h10,12,17H,2-9,11H2,1H3. The molecular formula is C15H24ClN3O2. The number of aromatic nitrogens is 2. The Morgan fingerprint density at radius 2 is 2.29 bits per heavy atom. The van der Waals surface area contributed by atoms with Crippen LogP contribution in [0.4, 0.5) is 5.69 Å². The number of ether oxygens (including phenoxy) is 1. The van der Waals surface area contributed by atoms with E-state index in [1.165, 1.54) is 23.9 Å². The molecule has 118 valence electrons. The topological polar surface area (TPSA) is 56.1 Å². The molecule has 1 fully saturated rings. The maximum atomic E-state index is 12.3. The molecule has 0 saturated heterocycles. The lowest BCUT2D eigenvalue weighted by molar-refractivity contribution is 0.141. The van der Waals surface area contributed by atoms with Crippen LogP contribution >= 0.6 is 11.6 Å². The number of nitrogens with one attached hydrogen (secondary N) is 1. The van der Waals surface area contributed by atoms with Gasteiger partial charge in [-0.05, 0) is 25.2 Å². The molecule has 1 aliphatic rings. The van der Waals surface area contributed by atoms with Crippen LogP contribution in [0.25, 0.3) is 0 Å². The van der Waals surface area contributed by atoms with Gasteiger partial charge in [0.25, 0.3) is 5.56 Å². The van der Waals surface area contributed by atoms with Crippen molar-refractivity contribution in [1.82, 2.24) is 9.78 Å². The molecule has 5 nitrogen and oxygen atoms in total. The molecule has 0 amide bonds. The number of hydrogen-bond acceptors (Lipinski definition) is 4. The first-order valence-electron chi connectivity index (χ1n) is 7.79. The van der Waals surface area contributed by atoms with Crippen LogP contribution in [0.5, 0.6) is 0 Å². The highest BCUT2D eigenvalue weighted by atomic mass is 35.5. The molecule has 2 rings (SSSR count). The van der Waals surface area contributed by atoms with Crippen molar-refractivity contribution in [2.24, 2.45) is 5.92 Å². The summed E-state index contributed by atoms with van der Waals surface area (Å²) in [6, 6.07) is 0. The summed E-state index contributed by atoms with van der Waals surface area (Å²) in [4.78, 5) is 12.3. The number of unbranched alkanes of at least 4 members (excludes halogenated alkanes) is 1. The quantitative estimate of drug-likeness (QED) is 0.712. The van der Waals surface area contributed by atoms with Crippen LogP contribution in [0.1, 0.15) is 39.0 Å². The van der Waals surface area contributed by atoms with E-state index in [-0.39, 0.29) is 5.56 Å². The maximum absolute atomic E-state index is 12.3. The zero-order chi connectivity index (χ0) is 15.1. The second-order valence-corrected chi connectivity index (χ2v) is 5.95. The predicted molar refractivity (Wildman–Crippen MR) is 85.1 cm³/mol. The van der Waals surface area contributed by atoms with Gasteiger partial charge in [0, 0.05) is 19.7 Å². The first-order valence-corrected chi connectivity index (χ1v) is 8.17. The molecule has 1 aliphatic carbocycles. The molecular weight excluding hydrogens is 290 g/mol. The molecule has 0 aliphatic heterocycles. The molecule has 1 aromatic rings. The molecule has 0 spiro atoms. The van der Waals surface area contributed by atoms with Crippen molar-refractivity contribution in [2.45, 2.75) is 45.6 Å². The fourth-order valence-electron chi connectivity index (χ4n) is 2.28. The van der Waals surface area contributed by atoms with Crippen LogP contribution in [0.3, 0.4) is 0 Å². The van der Waals surface area contributed by atoms with Crippen LogP contribution in [0.2, 0.25) is 5.02 Å². The summed E-state index contributed by atoms with van der Waals surface area (Å²) in [5.41, 5.74) is 0.299. The maximum Gasteiger partial charge on any atom is 0.291 e. The van der Waals surface area contributed by atoms with Crippen LogP contribution in [-0.4, -0.2) is 29.5 Å². The molecule has 1 aromatic heterocycles. The number of nitrogens with zero attached hydrogens (tertiary/aromatic N) is 2. The Bertz CT molecular complexity index is 500. The zero-order valence-corrected chi connectivity index (χ0v) is 13.4. The summed E-state index contributed by atoms with van der Waals surface area (Å²) in [6.45, 7) is 4.72. The lowest BCUT2D eigenvalue weighted by Crippen LogP contribution is -2.31. The average molecular weight is 314 g/mol. The highest BCUT2D eigenvalue weighted by Crippen LogP contribution is 2.27. The summed E-state index contributed by atoms with van der Waals surface area (Å²) in [5, 5.41) is 7.58. The summed E-state index contributed by atoms with van der Waals surface area (Å²) >= 11 is 6.07. The normalized spacial score (nSPS) is 15.0. The highest BCUT2D eigenvalue weighted by Gasteiger charge is 2.20. The third-order valence-electron chi connectivity index (χ3n) is 3.84. The van der Waals surface area contributed by atoms with Gasteiger partial charge in [-0.25, -0.2) is 4.68 Å². The SMILES string of the molecule is CCCCOCCNc1c(Cl)cnn(CC2CCC2)c1=O. The smallest absolute Gasteiger partial charge is 0.291 e. The molecule has 0 unspecified atom stereocenters. The van der Waals surface area contributed by atoms with Crippen LogP contribution in [-0.2, 0) is 11.3 Å². The molecule has 0 bridgehead atoms. The van der Waals surface area contributed by atoms with Crippen LogP contribution in [0.15, 0.2) is 11.0 Å². The van der Waals surface area contributed by atoms with E-state index in [1.807, 2.05) is 0 Å². The Morgan fingerprint density at radius 1 is 1.48 bits per heavy atom. The Balaban J connectivity index is 1.88. The summed E-state index contributed by atoms with van der Waals surface area (Å²) < 4.78 is 6.99. The summed E-state index contributed by atoms with van der Waals surface area (Å²) in [5.74, 6) is 0.585. The molecule has 6 heteroatoms. The number of hydrogen-bond donors (Lipinski definition) is 1. The van der Waals surface area contributed by atoms with Crippen LogP contribution < -0.4 is 10.9 Å². The van der Waals surface area contributed by atoms with E-state index >= 15 is 0 Å². The minimum absolute atomic E-state index is 0.136. The molecule has 0 radical (unpaired) electrons. The van der Waals surface area contributed by atoms with Crippen molar-refractivity contribution < 1.29 is 4.74 Å². The molecule has 1 saturated carbocycles.